The van der Waals surface area contributed by atoms with Crippen LogP contribution in [-0.2, 0) is 10.0 Å². The highest BCUT2D eigenvalue weighted by atomic mass is 32.2. The minimum absolute atomic E-state index is 0.0654. The summed E-state index contributed by atoms with van der Waals surface area (Å²) < 4.78 is 26.5. The third-order valence-electron chi connectivity index (χ3n) is 2.62. The first-order valence-corrected chi connectivity index (χ1v) is 7.68. The lowest BCUT2D eigenvalue weighted by atomic mass is 10.1. The Kier molecular flexibility index (Phi) is 3.61. The Balaban J connectivity index is 2.45. The molecule has 0 aliphatic rings. The Bertz CT molecular complexity index is 696. The summed E-state index contributed by atoms with van der Waals surface area (Å²) in [4.78, 5) is 4.17. The van der Waals surface area contributed by atoms with Crippen molar-refractivity contribution >= 4 is 32.3 Å². The maximum Gasteiger partial charge on any atom is 0.232 e. The maximum absolute atomic E-state index is 12.0. The number of hydrogen-bond donors (Lipinski definition) is 2. The minimum Gasteiger partial charge on any atom is -0.397 e. The van der Waals surface area contributed by atoms with Crippen LogP contribution in [0.3, 0.4) is 0 Å². The largest absolute Gasteiger partial charge is 0.397 e. The second-order valence-electron chi connectivity index (χ2n) is 4.88. The van der Waals surface area contributed by atoms with Crippen LogP contribution in [0.25, 0.3) is 10.9 Å². The number of nitrogen functional groups attached to an aromatic ring is 1. The molecular weight excluding hydrogens is 262 g/mol. The normalized spacial score (nSPS) is 11.9. The van der Waals surface area contributed by atoms with Gasteiger partial charge in [0.05, 0.1) is 22.6 Å². The number of hydrogen-bond acceptors (Lipinski definition) is 4. The van der Waals surface area contributed by atoms with Gasteiger partial charge in [-0.25, -0.2) is 8.42 Å². The molecule has 0 amide bonds. The first-order chi connectivity index (χ1) is 8.89. The van der Waals surface area contributed by atoms with Crippen LogP contribution < -0.4 is 10.5 Å². The van der Waals surface area contributed by atoms with Crippen LogP contribution >= 0.6 is 0 Å². The Labute approximate surface area is 112 Å². The first kappa shape index (κ1) is 13.6. The van der Waals surface area contributed by atoms with Crippen LogP contribution in [0.5, 0.6) is 0 Å². The number of anilines is 2. The summed E-state index contributed by atoms with van der Waals surface area (Å²) in [5.74, 6) is 0.148. The molecule has 102 valence electrons. The molecule has 0 atom stereocenters. The predicted molar refractivity (Wildman–Crippen MR) is 78.4 cm³/mol. The van der Waals surface area contributed by atoms with Gasteiger partial charge in [-0.15, -0.1) is 0 Å². The molecule has 0 spiro atoms. The second-order valence-corrected chi connectivity index (χ2v) is 6.65. The van der Waals surface area contributed by atoms with Gasteiger partial charge in [-0.2, -0.15) is 0 Å². The molecule has 2 aromatic rings. The van der Waals surface area contributed by atoms with Crippen molar-refractivity contribution in [1.82, 2.24) is 4.98 Å². The molecular formula is C13H17N3O2S. The molecule has 0 fully saturated rings. The SMILES string of the molecule is CC(C)CS(=O)(=O)Nc1ccc(N)c2ncccc12. The number of sulfonamides is 1. The number of pyridine rings is 1. The average Bonchev–Trinajstić information content (AvgIpc) is 2.31. The van der Waals surface area contributed by atoms with Crippen molar-refractivity contribution in [3.05, 3.63) is 30.5 Å². The number of rotatable bonds is 4. The Hall–Kier alpha value is -1.82. The van der Waals surface area contributed by atoms with E-state index in [1.165, 1.54) is 0 Å². The van der Waals surface area contributed by atoms with Crippen LogP contribution in [0.15, 0.2) is 30.5 Å². The third-order valence-corrected chi connectivity index (χ3v) is 4.26. The Morgan fingerprint density at radius 1 is 1.32 bits per heavy atom. The van der Waals surface area contributed by atoms with E-state index in [0.29, 0.717) is 22.3 Å². The number of fused-ring (bicyclic) bond motifs is 1. The van der Waals surface area contributed by atoms with Crippen LogP contribution in [0.1, 0.15) is 13.8 Å². The third kappa shape index (κ3) is 3.14. The fourth-order valence-corrected chi connectivity index (χ4v) is 3.41. The van der Waals surface area contributed by atoms with Crippen LogP contribution in [0, 0.1) is 5.92 Å². The summed E-state index contributed by atoms with van der Waals surface area (Å²) in [5, 5.41) is 0.704. The molecule has 1 heterocycles. The van der Waals surface area contributed by atoms with Gasteiger partial charge >= 0.3 is 0 Å². The van der Waals surface area contributed by atoms with E-state index in [-0.39, 0.29) is 11.7 Å². The monoisotopic (exact) mass is 279 g/mol. The first-order valence-electron chi connectivity index (χ1n) is 6.03. The smallest absolute Gasteiger partial charge is 0.232 e. The molecule has 0 saturated carbocycles. The number of nitrogens with one attached hydrogen (secondary N) is 1. The summed E-state index contributed by atoms with van der Waals surface area (Å²) in [6, 6.07) is 6.87. The number of aromatic nitrogens is 1. The molecule has 0 aliphatic heterocycles. The number of benzene rings is 1. The van der Waals surface area contributed by atoms with E-state index in [9.17, 15) is 8.42 Å². The Morgan fingerprint density at radius 3 is 2.74 bits per heavy atom. The molecule has 0 unspecified atom stereocenters. The van der Waals surface area contributed by atoms with Crippen molar-refractivity contribution in [1.29, 1.82) is 0 Å². The highest BCUT2D eigenvalue weighted by Gasteiger charge is 2.15. The predicted octanol–water partition coefficient (Wildman–Crippen LogP) is 2.21. The molecule has 2 rings (SSSR count). The lowest BCUT2D eigenvalue weighted by Gasteiger charge is -2.12. The van der Waals surface area contributed by atoms with Gasteiger partial charge in [-0.1, -0.05) is 13.8 Å². The van der Waals surface area contributed by atoms with Gasteiger partial charge < -0.3 is 5.73 Å². The summed E-state index contributed by atoms with van der Waals surface area (Å²) in [5.41, 5.74) is 7.48. The molecule has 1 aromatic carbocycles. The summed E-state index contributed by atoms with van der Waals surface area (Å²) in [6.07, 6.45) is 1.63. The zero-order valence-electron chi connectivity index (χ0n) is 10.9. The molecule has 1 aromatic heterocycles. The van der Waals surface area contributed by atoms with E-state index in [1.54, 1.807) is 30.5 Å². The lowest BCUT2D eigenvalue weighted by molar-refractivity contribution is 0.587. The van der Waals surface area contributed by atoms with E-state index in [4.69, 9.17) is 5.73 Å². The highest BCUT2D eigenvalue weighted by Crippen LogP contribution is 2.27. The van der Waals surface area contributed by atoms with E-state index >= 15 is 0 Å². The van der Waals surface area contributed by atoms with Crippen LogP contribution in [0.2, 0.25) is 0 Å². The zero-order chi connectivity index (χ0) is 14.0. The molecule has 6 heteroatoms. The summed E-state index contributed by atoms with van der Waals surface area (Å²) in [6.45, 7) is 3.73. The van der Waals surface area contributed by atoms with Gasteiger partial charge in [-0.05, 0) is 30.2 Å². The fraction of sp³-hybridized carbons (Fsp3) is 0.308. The molecule has 0 bridgehead atoms. The Morgan fingerprint density at radius 2 is 2.05 bits per heavy atom. The van der Waals surface area contributed by atoms with Crippen molar-refractivity contribution in [2.75, 3.05) is 16.2 Å². The standard InChI is InChI=1S/C13H17N3O2S/c1-9(2)8-19(17,18)16-12-6-5-11(14)13-10(12)4-3-7-15-13/h3-7,9,16H,8,14H2,1-2H3. The number of nitrogens with two attached hydrogens (primary N) is 1. The second kappa shape index (κ2) is 5.05. The van der Waals surface area contributed by atoms with Gasteiger partial charge in [0, 0.05) is 11.6 Å². The quantitative estimate of drug-likeness (QED) is 0.840. The van der Waals surface area contributed by atoms with Crippen molar-refractivity contribution in [2.24, 2.45) is 5.92 Å². The molecule has 0 saturated heterocycles. The van der Waals surface area contributed by atoms with Gasteiger partial charge in [0.25, 0.3) is 0 Å². The van der Waals surface area contributed by atoms with Gasteiger partial charge in [0.15, 0.2) is 0 Å². The molecule has 0 radical (unpaired) electrons. The number of nitrogens with zero attached hydrogens (tertiary/aromatic N) is 1. The summed E-state index contributed by atoms with van der Waals surface area (Å²) in [7, 11) is -3.36. The molecule has 19 heavy (non-hydrogen) atoms. The van der Waals surface area contributed by atoms with E-state index < -0.39 is 10.0 Å². The minimum atomic E-state index is -3.36. The van der Waals surface area contributed by atoms with Crippen LogP contribution in [0.4, 0.5) is 11.4 Å². The van der Waals surface area contributed by atoms with Crippen molar-refractivity contribution in [3.8, 4) is 0 Å². The highest BCUT2D eigenvalue weighted by molar-refractivity contribution is 7.92. The fourth-order valence-electron chi connectivity index (χ4n) is 1.93. The van der Waals surface area contributed by atoms with Gasteiger partial charge in [0.2, 0.25) is 10.0 Å². The lowest BCUT2D eigenvalue weighted by Crippen LogP contribution is -2.20. The van der Waals surface area contributed by atoms with E-state index in [2.05, 4.69) is 9.71 Å². The van der Waals surface area contributed by atoms with Crippen molar-refractivity contribution in [3.63, 3.8) is 0 Å². The summed E-state index contributed by atoms with van der Waals surface area (Å²) >= 11 is 0. The van der Waals surface area contributed by atoms with Crippen LogP contribution in [-0.4, -0.2) is 19.2 Å². The molecule has 3 N–H and O–H groups in total. The zero-order valence-corrected chi connectivity index (χ0v) is 11.7. The molecule has 0 aliphatic carbocycles. The van der Waals surface area contributed by atoms with Gasteiger partial charge in [-0.3, -0.25) is 9.71 Å². The van der Waals surface area contributed by atoms with Gasteiger partial charge in [0.1, 0.15) is 0 Å². The van der Waals surface area contributed by atoms with Crippen molar-refractivity contribution in [2.45, 2.75) is 13.8 Å². The topological polar surface area (TPSA) is 85.1 Å². The van der Waals surface area contributed by atoms with Crippen molar-refractivity contribution < 1.29 is 8.42 Å². The molecule has 5 nitrogen and oxygen atoms in total. The maximum atomic E-state index is 12.0. The van der Waals surface area contributed by atoms with E-state index in [0.717, 1.165) is 0 Å². The van der Waals surface area contributed by atoms with E-state index in [1.807, 2.05) is 13.8 Å². The average molecular weight is 279 g/mol.